The van der Waals surface area contributed by atoms with Crippen LogP contribution < -0.4 is 10.1 Å². The standard InChI is InChI=1S/C49H48ClN7O6S/c1-30-31(2)64-49-46(30)47(34-8-10-38(50)11-9-34)54-43(48-56-55-32(3)57(48)49)28-39(58)24-33-4-12-41(13-5-33)63-23-22-62-21-20-61-19-18-60-17-16-52-45-15-14-42(44(29-51)53-45)36-7-6-35-26-40(59)27-37(35)25-36/h4-15,25,43H,16-24,26-28H2,1-3H3,(H,52,53)/t43-/m0/s1. The summed E-state index contributed by atoms with van der Waals surface area (Å²) in [5.41, 5.74) is 8.84. The maximum atomic E-state index is 13.6. The molecule has 3 aromatic heterocycles. The Bertz CT molecular complexity index is 2720. The molecule has 0 unspecified atom stereocenters. The van der Waals surface area contributed by atoms with Crippen molar-refractivity contribution < 1.29 is 28.5 Å². The first-order valence-electron chi connectivity index (χ1n) is 21.3. The molecule has 2 aliphatic rings. The lowest BCUT2D eigenvalue weighted by Gasteiger charge is -2.13. The number of hydrogen-bond acceptors (Lipinski definition) is 13. The predicted molar refractivity (Wildman–Crippen MR) is 246 cm³/mol. The Hall–Kier alpha value is -6.08. The van der Waals surface area contributed by atoms with Crippen molar-refractivity contribution in [2.45, 2.75) is 52.5 Å². The van der Waals surface area contributed by atoms with Gasteiger partial charge < -0.3 is 24.3 Å². The summed E-state index contributed by atoms with van der Waals surface area (Å²) in [7, 11) is 0. The summed E-state index contributed by atoms with van der Waals surface area (Å²) >= 11 is 7.93. The minimum absolute atomic E-state index is 0.0431. The van der Waals surface area contributed by atoms with Crippen LogP contribution in [-0.2, 0) is 43.1 Å². The average molecular weight is 898 g/mol. The fourth-order valence-corrected chi connectivity index (χ4v) is 9.20. The van der Waals surface area contributed by atoms with Gasteiger partial charge in [0.2, 0.25) is 0 Å². The number of pyridine rings is 1. The van der Waals surface area contributed by atoms with Crippen molar-refractivity contribution in [1.82, 2.24) is 19.7 Å². The molecule has 1 aliphatic heterocycles. The number of nitriles is 1. The number of rotatable bonds is 20. The molecule has 15 heteroatoms. The zero-order valence-corrected chi connectivity index (χ0v) is 37.6. The Labute approximate surface area is 381 Å². The van der Waals surface area contributed by atoms with Crippen LogP contribution >= 0.6 is 22.9 Å². The SMILES string of the molecule is Cc1sc2c(c1C)C(c1ccc(Cl)cc1)=N[C@@H](CC(=O)Cc1ccc(OCCOCCOCCOCCNc3ccc(-c4ccc5c(c4)CC(=O)C5)c(C#N)n3)cc1)c1nnc(C)n1-2. The van der Waals surface area contributed by atoms with Crippen LogP contribution in [0.25, 0.3) is 16.1 Å². The summed E-state index contributed by atoms with van der Waals surface area (Å²) in [5, 5.41) is 23.5. The monoisotopic (exact) mass is 897 g/mol. The third-order valence-corrected chi connectivity index (χ3v) is 12.6. The van der Waals surface area contributed by atoms with Crippen molar-refractivity contribution in [3.05, 3.63) is 139 Å². The number of carbonyl (C=O) groups excluding carboxylic acids is 2. The van der Waals surface area contributed by atoms with Crippen LogP contribution in [0.15, 0.2) is 83.9 Å². The second-order valence-corrected chi connectivity index (χ2v) is 17.3. The Kier molecular flexibility index (Phi) is 14.3. The van der Waals surface area contributed by atoms with E-state index in [-0.39, 0.29) is 24.4 Å². The molecular weight excluding hydrogens is 850 g/mol. The van der Waals surface area contributed by atoms with Crippen molar-refractivity contribution >= 4 is 46.0 Å². The molecule has 8 rings (SSSR count). The Balaban J connectivity index is 0.711. The highest BCUT2D eigenvalue weighted by atomic mass is 35.5. The van der Waals surface area contributed by atoms with E-state index < -0.39 is 6.04 Å². The van der Waals surface area contributed by atoms with Gasteiger partial charge in [-0.3, -0.25) is 19.1 Å². The number of carbonyl (C=O) groups is 2. The number of Topliss-reactive ketones (excluding diaryl/α,β-unsaturated/α-hetero) is 2. The zero-order chi connectivity index (χ0) is 44.6. The molecule has 64 heavy (non-hydrogen) atoms. The van der Waals surface area contributed by atoms with Crippen molar-refractivity contribution in [2.24, 2.45) is 4.99 Å². The van der Waals surface area contributed by atoms with Gasteiger partial charge in [-0.2, -0.15) is 5.26 Å². The van der Waals surface area contributed by atoms with Gasteiger partial charge in [-0.25, -0.2) is 4.98 Å². The number of aromatic nitrogens is 4. The lowest BCUT2D eigenvalue weighted by Crippen LogP contribution is -2.15. The number of ether oxygens (including phenoxy) is 4. The van der Waals surface area contributed by atoms with E-state index in [2.05, 4.69) is 45.0 Å². The molecule has 0 saturated carbocycles. The Morgan fingerprint density at radius 1 is 0.859 bits per heavy atom. The van der Waals surface area contributed by atoms with Crippen molar-refractivity contribution in [1.29, 1.82) is 5.26 Å². The van der Waals surface area contributed by atoms with Gasteiger partial charge in [0.05, 0.1) is 45.4 Å². The maximum Gasteiger partial charge on any atom is 0.163 e. The number of fused-ring (bicyclic) bond motifs is 4. The molecule has 0 spiro atoms. The highest BCUT2D eigenvalue weighted by Crippen LogP contribution is 2.40. The quantitative estimate of drug-likeness (QED) is 0.0736. The summed E-state index contributed by atoms with van der Waals surface area (Å²) in [6.45, 7) is 9.60. The number of aliphatic imine (C=N–C) groups is 1. The van der Waals surface area contributed by atoms with Crippen LogP contribution in [0.1, 0.15) is 68.1 Å². The predicted octanol–water partition coefficient (Wildman–Crippen LogP) is 8.14. The van der Waals surface area contributed by atoms with Gasteiger partial charge in [0.25, 0.3) is 0 Å². The molecule has 0 bridgehead atoms. The number of thiophene rings is 1. The number of nitrogens with zero attached hydrogens (tertiary/aromatic N) is 6. The van der Waals surface area contributed by atoms with Crippen LogP contribution in [0.2, 0.25) is 5.02 Å². The number of halogens is 1. The lowest BCUT2D eigenvalue weighted by molar-refractivity contribution is -0.119. The highest BCUT2D eigenvalue weighted by Gasteiger charge is 2.32. The molecule has 0 saturated heterocycles. The van der Waals surface area contributed by atoms with E-state index in [9.17, 15) is 14.9 Å². The first-order chi connectivity index (χ1) is 31.1. The third-order valence-electron chi connectivity index (χ3n) is 11.2. The molecular formula is C49H48ClN7O6S. The molecule has 1 aliphatic carbocycles. The van der Waals surface area contributed by atoms with E-state index in [0.29, 0.717) is 93.7 Å². The third kappa shape index (κ3) is 10.5. The van der Waals surface area contributed by atoms with Gasteiger partial charge in [-0.1, -0.05) is 54.1 Å². The first-order valence-corrected chi connectivity index (χ1v) is 22.5. The molecule has 4 heterocycles. The van der Waals surface area contributed by atoms with Crippen molar-refractivity contribution in [3.8, 4) is 27.9 Å². The Morgan fingerprint density at radius 3 is 2.31 bits per heavy atom. The molecule has 0 amide bonds. The summed E-state index contributed by atoms with van der Waals surface area (Å²) in [6, 6.07) is 26.5. The van der Waals surface area contributed by atoms with Crippen molar-refractivity contribution in [3.63, 3.8) is 0 Å². The first kappa shape index (κ1) is 44.5. The van der Waals surface area contributed by atoms with Crippen LogP contribution in [0.3, 0.4) is 0 Å². The minimum atomic E-state index is -0.513. The highest BCUT2D eigenvalue weighted by molar-refractivity contribution is 7.15. The summed E-state index contributed by atoms with van der Waals surface area (Å²) in [4.78, 5) is 36.3. The van der Waals surface area contributed by atoms with Gasteiger partial charge in [0, 0.05) is 58.8 Å². The van der Waals surface area contributed by atoms with E-state index in [1.54, 1.807) is 11.3 Å². The lowest BCUT2D eigenvalue weighted by atomic mass is 9.99. The molecule has 1 N–H and O–H groups in total. The number of nitrogens with one attached hydrogen (secondary N) is 1. The fourth-order valence-electron chi connectivity index (χ4n) is 7.86. The largest absolute Gasteiger partial charge is 0.491 e. The van der Waals surface area contributed by atoms with Gasteiger partial charge >= 0.3 is 0 Å². The van der Waals surface area contributed by atoms with E-state index in [1.165, 1.54) is 4.88 Å². The number of hydrogen-bond donors (Lipinski definition) is 1. The number of aryl methyl sites for hydroxylation is 2. The number of benzene rings is 3. The van der Waals surface area contributed by atoms with E-state index >= 15 is 0 Å². The van der Waals surface area contributed by atoms with Gasteiger partial charge in [-0.15, -0.1) is 21.5 Å². The van der Waals surface area contributed by atoms with E-state index in [1.807, 2.05) is 85.8 Å². The zero-order valence-electron chi connectivity index (χ0n) is 36.0. The van der Waals surface area contributed by atoms with E-state index in [0.717, 1.165) is 61.0 Å². The Morgan fingerprint density at radius 2 is 1.56 bits per heavy atom. The topological polar surface area (TPSA) is 163 Å². The van der Waals surface area contributed by atoms with Gasteiger partial charge in [-0.05, 0) is 85.0 Å². The van der Waals surface area contributed by atoms with Crippen LogP contribution in [0.4, 0.5) is 5.82 Å². The van der Waals surface area contributed by atoms with Crippen LogP contribution in [0.5, 0.6) is 5.75 Å². The smallest absolute Gasteiger partial charge is 0.163 e. The summed E-state index contributed by atoms with van der Waals surface area (Å²) < 4.78 is 24.9. The maximum absolute atomic E-state index is 13.6. The molecule has 0 fully saturated rings. The van der Waals surface area contributed by atoms with Gasteiger partial charge in [0.15, 0.2) is 11.5 Å². The molecule has 328 valence electrons. The summed E-state index contributed by atoms with van der Waals surface area (Å²) in [6.07, 6.45) is 1.35. The molecule has 1 atom stereocenters. The minimum Gasteiger partial charge on any atom is -0.491 e. The normalized spacial score (nSPS) is 14.0. The number of ketones is 2. The fraction of sp³-hybridized carbons (Fsp3) is 0.327. The van der Waals surface area contributed by atoms with Crippen LogP contribution in [0, 0.1) is 32.1 Å². The summed E-state index contributed by atoms with van der Waals surface area (Å²) in [5.74, 6) is 2.96. The molecule has 6 aromatic rings. The molecule has 3 aromatic carbocycles. The molecule has 0 radical (unpaired) electrons. The second-order valence-electron chi connectivity index (χ2n) is 15.7. The molecule has 13 nitrogen and oxygen atoms in total. The number of anilines is 1. The van der Waals surface area contributed by atoms with Crippen LogP contribution in [-0.4, -0.2) is 89.8 Å². The average Bonchev–Trinajstić information content (AvgIpc) is 3.93. The van der Waals surface area contributed by atoms with Crippen molar-refractivity contribution in [2.75, 3.05) is 58.1 Å². The van der Waals surface area contributed by atoms with E-state index in [4.69, 9.17) is 35.5 Å². The second kappa shape index (κ2) is 20.6. The van der Waals surface area contributed by atoms with Gasteiger partial charge in [0.1, 0.15) is 52.7 Å².